The Hall–Kier alpha value is -0.860. The van der Waals surface area contributed by atoms with Crippen LogP contribution in [-0.2, 0) is 0 Å². The van der Waals surface area contributed by atoms with Gasteiger partial charge in [-0.15, -0.1) is 0 Å². The Labute approximate surface area is 103 Å². The summed E-state index contributed by atoms with van der Waals surface area (Å²) in [5.41, 5.74) is 2.32. The first kappa shape index (κ1) is 12.6. The minimum atomic E-state index is -0.527. The van der Waals surface area contributed by atoms with Gasteiger partial charge in [-0.2, -0.15) is 0 Å². The van der Waals surface area contributed by atoms with Gasteiger partial charge in [-0.3, -0.25) is 0 Å². The van der Waals surface area contributed by atoms with Crippen LogP contribution < -0.4 is 0 Å². The van der Waals surface area contributed by atoms with E-state index >= 15 is 0 Å². The summed E-state index contributed by atoms with van der Waals surface area (Å²) in [5.74, 6) is 0.716. The van der Waals surface area contributed by atoms with Gasteiger partial charge in [0.1, 0.15) is 0 Å². The van der Waals surface area contributed by atoms with E-state index in [4.69, 9.17) is 5.11 Å². The Morgan fingerprint density at radius 2 is 1.71 bits per heavy atom. The molecule has 1 aliphatic carbocycles. The van der Waals surface area contributed by atoms with Crippen molar-refractivity contribution >= 4 is 0 Å². The van der Waals surface area contributed by atoms with Crippen LogP contribution in [0.1, 0.15) is 61.7 Å². The maximum Gasteiger partial charge on any atom is 0.0811 e. The van der Waals surface area contributed by atoms with Crippen LogP contribution in [0.25, 0.3) is 0 Å². The zero-order valence-corrected chi connectivity index (χ0v) is 10.3. The molecule has 0 aliphatic heterocycles. The van der Waals surface area contributed by atoms with Crippen molar-refractivity contribution < 1.29 is 10.2 Å². The lowest BCUT2D eigenvalue weighted by atomic mass is 9.84. The average molecular weight is 234 g/mol. The third kappa shape index (κ3) is 3.30. The van der Waals surface area contributed by atoms with Gasteiger partial charge in [-0.1, -0.05) is 43.5 Å². The van der Waals surface area contributed by atoms with Crippen LogP contribution >= 0.6 is 0 Å². The number of hydrogen-bond acceptors (Lipinski definition) is 2. The molecule has 0 bridgehead atoms. The largest absolute Gasteiger partial charge is 0.396 e. The van der Waals surface area contributed by atoms with Crippen molar-refractivity contribution in [3.8, 4) is 0 Å². The molecular weight excluding hydrogens is 212 g/mol. The quantitative estimate of drug-likeness (QED) is 0.840. The van der Waals surface area contributed by atoms with E-state index < -0.39 is 6.10 Å². The topological polar surface area (TPSA) is 40.5 Å². The van der Waals surface area contributed by atoms with E-state index in [9.17, 15) is 5.11 Å². The second kappa shape index (κ2) is 6.18. The molecule has 2 heteroatoms. The Morgan fingerprint density at radius 1 is 1.06 bits per heavy atom. The van der Waals surface area contributed by atoms with Crippen molar-refractivity contribution in [3.05, 3.63) is 35.4 Å². The molecule has 2 nitrogen and oxygen atoms in total. The average Bonchev–Trinajstić information content (AvgIpc) is 2.40. The van der Waals surface area contributed by atoms with Gasteiger partial charge in [-0.25, -0.2) is 0 Å². The van der Waals surface area contributed by atoms with E-state index in [0.717, 1.165) is 5.56 Å². The smallest absolute Gasteiger partial charge is 0.0811 e. The lowest BCUT2D eigenvalue weighted by molar-refractivity contribution is 0.134. The fourth-order valence-electron chi connectivity index (χ4n) is 2.72. The molecule has 2 rings (SSSR count). The molecule has 1 unspecified atom stereocenters. The molecular formula is C15H22O2. The highest BCUT2D eigenvalue weighted by molar-refractivity contribution is 5.27. The molecule has 2 N–H and O–H groups in total. The Kier molecular flexibility index (Phi) is 4.57. The Bertz CT molecular complexity index is 325. The number of rotatable bonds is 4. The third-order valence-corrected chi connectivity index (χ3v) is 3.80. The van der Waals surface area contributed by atoms with Crippen LogP contribution in [0.3, 0.4) is 0 Å². The minimum Gasteiger partial charge on any atom is -0.396 e. The van der Waals surface area contributed by atoms with E-state index in [-0.39, 0.29) is 6.61 Å². The van der Waals surface area contributed by atoms with Crippen LogP contribution in [0.4, 0.5) is 0 Å². The maximum atomic E-state index is 9.76. The summed E-state index contributed by atoms with van der Waals surface area (Å²) in [6.45, 7) is 0.0333. The summed E-state index contributed by atoms with van der Waals surface area (Å²) in [4.78, 5) is 0. The van der Waals surface area contributed by atoms with Crippen LogP contribution in [-0.4, -0.2) is 16.8 Å². The summed E-state index contributed by atoms with van der Waals surface area (Å²) < 4.78 is 0. The van der Waals surface area contributed by atoms with E-state index in [1.165, 1.54) is 37.7 Å². The first-order valence-corrected chi connectivity index (χ1v) is 6.70. The van der Waals surface area contributed by atoms with Crippen molar-refractivity contribution in [2.45, 2.75) is 50.5 Å². The fraction of sp³-hybridized carbons (Fsp3) is 0.600. The van der Waals surface area contributed by atoms with Crippen molar-refractivity contribution in [2.75, 3.05) is 6.61 Å². The van der Waals surface area contributed by atoms with Crippen LogP contribution in [0.15, 0.2) is 24.3 Å². The molecule has 0 radical (unpaired) electrons. The van der Waals surface area contributed by atoms with Gasteiger partial charge >= 0.3 is 0 Å². The van der Waals surface area contributed by atoms with Crippen LogP contribution in [0.5, 0.6) is 0 Å². The zero-order chi connectivity index (χ0) is 12.1. The third-order valence-electron chi connectivity index (χ3n) is 3.80. The second-order valence-corrected chi connectivity index (χ2v) is 5.03. The normalized spacial score (nSPS) is 19.2. The van der Waals surface area contributed by atoms with Crippen molar-refractivity contribution in [2.24, 2.45) is 0 Å². The van der Waals surface area contributed by atoms with Crippen LogP contribution in [0, 0.1) is 0 Å². The molecule has 0 aromatic heterocycles. The fourth-order valence-corrected chi connectivity index (χ4v) is 2.72. The molecule has 1 saturated carbocycles. The molecule has 0 heterocycles. The number of aliphatic hydroxyl groups is 2. The van der Waals surface area contributed by atoms with Gasteiger partial charge in [0.15, 0.2) is 0 Å². The second-order valence-electron chi connectivity index (χ2n) is 5.03. The molecule has 0 saturated heterocycles. The summed E-state index contributed by atoms with van der Waals surface area (Å²) in [5, 5.41) is 18.6. The van der Waals surface area contributed by atoms with Gasteiger partial charge in [0.2, 0.25) is 0 Å². The lowest BCUT2D eigenvalue weighted by Crippen LogP contribution is -2.05. The van der Waals surface area contributed by atoms with Gasteiger partial charge in [-0.05, 0) is 29.9 Å². The monoisotopic (exact) mass is 234 g/mol. The van der Waals surface area contributed by atoms with E-state index in [1.54, 1.807) is 0 Å². The standard InChI is InChI=1S/C15H22O2/c16-11-10-15(17)14-8-6-13(7-9-14)12-4-2-1-3-5-12/h6-9,12,15-17H,1-5,10-11H2. The van der Waals surface area contributed by atoms with Gasteiger partial charge in [0.05, 0.1) is 6.10 Å². The van der Waals surface area contributed by atoms with Gasteiger partial charge in [0.25, 0.3) is 0 Å². The van der Waals surface area contributed by atoms with Crippen molar-refractivity contribution in [3.63, 3.8) is 0 Å². The zero-order valence-electron chi connectivity index (χ0n) is 10.3. The van der Waals surface area contributed by atoms with Gasteiger partial charge < -0.3 is 10.2 Å². The Morgan fingerprint density at radius 3 is 2.29 bits per heavy atom. The molecule has 1 aromatic rings. The molecule has 1 aromatic carbocycles. The van der Waals surface area contributed by atoms with Crippen molar-refractivity contribution in [1.82, 2.24) is 0 Å². The number of benzene rings is 1. The molecule has 0 amide bonds. The SMILES string of the molecule is OCCC(O)c1ccc(C2CCCCC2)cc1. The first-order chi connectivity index (χ1) is 8.31. The highest BCUT2D eigenvalue weighted by atomic mass is 16.3. The summed E-state index contributed by atoms with van der Waals surface area (Å²) in [7, 11) is 0. The number of hydrogen-bond donors (Lipinski definition) is 2. The van der Waals surface area contributed by atoms with E-state index in [2.05, 4.69) is 12.1 Å². The molecule has 0 spiro atoms. The molecule has 1 fully saturated rings. The molecule has 1 atom stereocenters. The summed E-state index contributed by atoms with van der Waals surface area (Å²) >= 11 is 0. The number of aliphatic hydroxyl groups excluding tert-OH is 2. The summed E-state index contributed by atoms with van der Waals surface area (Å²) in [6.07, 6.45) is 6.57. The first-order valence-electron chi connectivity index (χ1n) is 6.70. The van der Waals surface area contributed by atoms with Crippen LogP contribution in [0.2, 0.25) is 0 Å². The minimum absolute atomic E-state index is 0.0333. The predicted octanol–water partition coefficient (Wildman–Crippen LogP) is 3.15. The predicted molar refractivity (Wildman–Crippen MR) is 68.9 cm³/mol. The molecule has 1 aliphatic rings. The maximum absolute atomic E-state index is 9.76. The highest BCUT2D eigenvalue weighted by Crippen LogP contribution is 2.33. The van der Waals surface area contributed by atoms with E-state index in [0.29, 0.717) is 12.3 Å². The van der Waals surface area contributed by atoms with E-state index in [1.807, 2.05) is 12.1 Å². The lowest BCUT2D eigenvalue weighted by Gasteiger charge is -2.22. The molecule has 17 heavy (non-hydrogen) atoms. The van der Waals surface area contributed by atoms with Crippen molar-refractivity contribution in [1.29, 1.82) is 0 Å². The Balaban J connectivity index is 2.01. The highest BCUT2D eigenvalue weighted by Gasteiger charge is 2.15. The molecule has 94 valence electrons. The summed E-state index contributed by atoms with van der Waals surface area (Å²) in [6, 6.07) is 8.30. The van der Waals surface area contributed by atoms with Gasteiger partial charge in [0, 0.05) is 13.0 Å².